The van der Waals surface area contributed by atoms with Crippen molar-refractivity contribution in [3.63, 3.8) is 0 Å². The number of alkyl halides is 2. The number of carbonyl (C=O) groups is 1. The fourth-order valence-corrected chi connectivity index (χ4v) is 3.86. The molecule has 2 saturated carbocycles. The molecule has 9 heteroatoms. The van der Waals surface area contributed by atoms with E-state index in [1.165, 1.54) is 6.20 Å². The van der Waals surface area contributed by atoms with Gasteiger partial charge in [-0.3, -0.25) is 4.79 Å². The Morgan fingerprint density at radius 2 is 1.96 bits per heavy atom. The maximum absolute atomic E-state index is 13.7. The molecule has 4 N–H and O–H groups in total. The van der Waals surface area contributed by atoms with E-state index in [1.54, 1.807) is 7.11 Å². The summed E-state index contributed by atoms with van der Waals surface area (Å²) in [5, 5.41) is 6.26. The summed E-state index contributed by atoms with van der Waals surface area (Å²) in [5.41, 5.74) is 5.51. The van der Waals surface area contributed by atoms with Crippen LogP contribution < -0.4 is 16.4 Å². The van der Waals surface area contributed by atoms with Gasteiger partial charge in [0.05, 0.1) is 11.7 Å². The van der Waals surface area contributed by atoms with Crippen molar-refractivity contribution in [3.05, 3.63) is 11.8 Å². The van der Waals surface area contributed by atoms with Crippen molar-refractivity contribution >= 4 is 17.7 Å². The third kappa shape index (κ3) is 5.24. The van der Waals surface area contributed by atoms with E-state index < -0.39 is 17.9 Å². The minimum atomic E-state index is -2.70. The minimum absolute atomic E-state index is 0.103. The first kappa shape index (κ1) is 19.7. The van der Waals surface area contributed by atoms with Gasteiger partial charge in [-0.1, -0.05) is 0 Å². The molecule has 2 aliphatic carbocycles. The summed E-state index contributed by atoms with van der Waals surface area (Å²) in [6.07, 6.45) is 6.04. The highest BCUT2D eigenvalue weighted by molar-refractivity contribution is 5.97. The number of nitrogens with zero attached hydrogens (tertiary/aromatic N) is 2. The van der Waals surface area contributed by atoms with Crippen molar-refractivity contribution in [2.24, 2.45) is 5.73 Å². The maximum atomic E-state index is 13.7. The number of nitrogens with two attached hydrogens (primary N) is 1. The number of rotatable bonds is 6. The van der Waals surface area contributed by atoms with Gasteiger partial charge < -0.3 is 21.1 Å². The Bertz CT molecular complexity index is 665. The lowest BCUT2D eigenvalue weighted by atomic mass is 9.92. The van der Waals surface area contributed by atoms with E-state index in [0.717, 1.165) is 25.7 Å². The van der Waals surface area contributed by atoms with E-state index >= 15 is 0 Å². The normalized spacial score (nSPS) is 27.7. The Kier molecular flexibility index (Phi) is 6.08. The number of primary amides is 1. The van der Waals surface area contributed by atoms with Crippen molar-refractivity contribution in [3.8, 4) is 0 Å². The van der Waals surface area contributed by atoms with Crippen molar-refractivity contribution < 1.29 is 18.3 Å². The Morgan fingerprint density at radius 1 is 1.22 bits per heavy atom. The van der Waals surface area contributed by atoms with E-state index in [0.29, 0.717) is 18.8 Å². The summed E-state index contributed by atoms with van der Waals surface area (Å²) >= 11 is 0. The number of amides is 1. The van der Waals surface area contributed by atoms with Crippen molar-refractivity contribution in [2.45, 2.75) is 75.5 Å². The third-order valence-electron chi connectivity index (χ3n) is 5.38. The molecule has 0 saturated heterocycles. The van der Waals surface area contributed by atoms with Crippen molar-refractivity contribution in [2.75, 3.05) is 17.7 Å². The zero-order valence-corrected chi connectivity index (χ0v) is 15.5. The number of hydrogen-bond acceptors (Lipinski definition) is 6. The molecule has 0 aliphatic heterocycles. The second-order valence-corrected chi connectivity index (χ2v) is 7.47. The summed E-state index contributed by atoms with van der Waals surface area (Å²) in [4.78, 5) is 20.2. The van der Waals surface area contributed by atoms with E-state index in [4.69, 9.17) is 10.5 Å². The Balaban J connectivity index is 1.70. The summed E-state index contributed by atoms with van der Waals surface area (Å²) in [6.45, 7) is 0. The molecule has 0 unspecified atom stereocenters. The molecule has 150 valence electrons. The molecule has 0 aromatic carbocycles. The first-order valence-corrected chi connectivity index (χ1v) is 9.47. The largest absolute Gasteiger partial charge is 0.381 e. The molecular formula is C18H27F2N5O2. The van der Waals surface area contributed by atoms with E-state index in [-0.39, 0.29) is 36.4 Å². The fraction of sp³-hybridized carbons (Fsp3) is 0.722. The van der Waals surface area contributed by atoms with E-state index in [1.807, 2.05) is 0 Å². The van der Waals surface area contributed by atoms with Gasteiger partial charge in [0.2, 0.25) is 11.9 Å². The van der Waals surface area contributed by atoms with Crippen LogP contribution in [0, 0.1) is 0 Å². The summed E-state index contributed by atoms with van der Waals surface area (Å²) < 4.78 is 32.7. The Hall–Kier alpha value is -2.03. The molecule has 0 radical (unpaired) electrons. The highest BCUT2D eigenvalue weighted by atomic mass is 19.3. The first-order valence-electron chi connectivity index (χ1n) is 9.47. The second-order valence-electron chi connectivity index (χ2n) is 7.47. The van der Waals surface area contributed by atoms with Crippen LogP contribution in [-0.4, -0.2) is 47.1 Å². The molecule has 3 rings (SSSR count). The fourth-order valence-electron chi connectivity index (χ4n) is 3.86. The molecule has 1 amide bonds. The summed E-state index contributed by atoms with van der Waals surface area (Å²) in [5.74, 6) is -2.80. The third-order valence-corrected chi connectivity index (χ3v) is 5.38. The molecule has 7 nitrogen and oxygen atoms in total. The average Bonchev–Trinajstić information content (AvgIpc) is 2.61. The zero-order chi connectivity index (χ0) is 19.4. The Labute approximate surface area is 157 Å². The van der Waals surface area contributed by atoms with Crippen LogP contribution in [0.5, 0.6) is 0 Å². The van der Waals surface area contributed by atoms with Gasteiger partial charge >= 0.3 is 0 Å². The monoisotopic (exact) mass is 383 g/mol. The number of aromatic nitrogens is 2. The maximum Gasteiger partial charge on any atom is 0.254 e. The highest BCUT2D eigenvalue weighted by Crippen LogP contribution is 2.34. The van der Waals surface area contributed by atoms with Crippen LogP contribution in [0.1, 0.15) is 61.7 Å². The van der Waals surface area contributed by atoms with Crippen LogP contribution in [0.3, 0.4) is 0 Å². The number of anilines is 2. The molecule has 27 heavy (non-hydrogen) atoms. The molecular weight excluding hydrogens is 356 g/mol. The number of halogens is 2. The Morgan fingerprint density at radius 3 is 2.59 bits per heavy atom. The van der Waals surface area contributed by atoms with Gasteiger partial charge in [0, 0.05) is 38.2 Å². The van der Waals surface area contributed by atoms with E-state index in [9.17, 15) is 13.6 Å². The van der Waals surface area contributed by atoms with Gasteiger partial charge in [-0.05, 0) is 38.5 Å². The number of hydrogen-bond donors (Lipinski definition) is 3. The van der Waals surface area contributed by atoms with Crippen LogP contribution in [0.15, 0.2) is 6.20 Å². The van der Waals surface area contributed by atoms with Crippen LogP contribution >= 0.6 is 0 Å². The predicted molar refractivity (Wildman–Crippen MR) is 98.1 cm³/mol. The molecule has 1 atom stereocenters. The molecule has 1 aromatic heterocycles. The number of methoxy groups -OCH3 is 1. The van der Waals surface area contributed by atoms with Crippen LogP contribution in [0.25, 0.3) is 0 Å². The van der Waals surface area contributed by atoms with Crippen LogP contribution in [0.4, 0.5) is 20.5 Å². The number of nitrogens with one attached hydrogen (secondary N) is 2. The van der Waals surface area contributed by atoms with E-state index in [2.05, 4.69) is 20.6 Å². The highest BCUT2D eigenvalue weighted by Gasteiger charge is 2.36. The van der Waals surface area contributed by atoms with Crippen LogP contribution in [0.2, 0.25) is 0 Å². The van der Waals surface area contributed by atoms with Crippen molar-refractivity contribution in [1.29, 1.82) is 0 Å². The second kappa shape index (κ2) is 8.33. The van der Waals surface area contributed by atoms with Crippen molar-refractivity contribution in [1.82, 2.24) is 9.97 Å². The summed E-state index contributed by atoms with van der Waals surface area (Å²) in [6, 6.07) is -0.241. The van der Waals surface area contributed by atoms with Gasteiger partial charge in [0.15, 0.2) is 0 Å². The van der Waals surface area contributed by atoms with Gasteiger partial charge in [-0.25, -0.2) is 13.8 Å². The number of carbonyl (C=O) groups excluding carboxylic acids is 1. The smallest absolute Gasteiger partial charge is 0.254 e. The molecule has 1 heterocycles. The van der Waals surface area contributed by atoms with Gasteiger partial charge in [0.25, 0.3) is 5.91 Å². The van der Waals surface area contributed by atoms with Gasteiger partial charge in [-0.15, -0.1) is 0 Å². The van der Waals surface area contributed by atoms with Gasteiger partial charge in [0.1, 0.15) is 5.82 Å². The topological polar surface area (TPSA) is 102 Å². The first-order chi connectivity index (χ1) is 12.9. The summed E-state index contributed by atoms with van der Waals surface area (Å²) in [7, 11) is 1.72. The molecule has 2 aliphatic rings. The van der Waals surface area contributed by atoms with Gasteiger partial charge in [-0.2, -0.15) is 4.98 Å². The lowest BCUT2D eigenvalue weighted by Crippen LogP contribution is -2.35. The zero-order valence-electron chi connectivity index (χ0n) is 15.5. The van der Waals surface area contributed by atoms with Crippen LogP contribution in [-0.2, 0) is 4.74 Å². The number of ether oxygens (including phenoxy) is 1. The molecule has 0 bridgehead atoms. The molecule has 1 aromatic rings. The minimum Gasteiger partial charge on any atom is -0.381 e. The average molecular weight is 383 g/mol. The standard InChI is InChI=1S/C18H27F2N5O2/c1-27-13-6-4-11(5-7-13)24-17-22-10-14(15(21)26)16(25-17)23-12-3-2-8-18(19,20)9-12/h10-13H,2-9H2,1H3,(H2,21,26)(H2,22,23,24,25)/t11?,12-,13?/m1/s1. The lowest BCUT2D eigenvalue weighted by molar-refractivity contribution is -0.0373. The molecule has 2 fully saturated rings. The SMILES string of the molecule is COC1CCC(Nc2ncc(C(N)=O)c(N[C@@H]3CCCC(F)(F)C3)n2)CC1. The quantitative estimate of drug-likeness (QED) is 0.698. The lowest BCUT2D eigenvalue weighted by Gasteiger charge is -2.30. The predicted octanol–water partition coefficient (Wildman–Crippen LogP) is 2.93. The molecule has 0 spiro atoms.